The Hall–Kier alpha value is -4.06. The number of carboxylic acid groups (broad SMARTS) is 1. The minimum Gasteiger partial charge on any atom is -0.478 e. The van der Waals surface area contributed by atoms with Crippen LogP contribution in [-0.4, -0.2) is 34.6 Å². The van der Waals surface area contributed by atoms with Gasteiger partial charge in [-0.1, -0.05) is 73.9 Å². The smallest absolute Gasteiger partial charge is 0.335 e. The van der Waals surface area contributed by atoms with E-state index >= 15 is 0 Å². The molecule has 6 nitrogen and oxygen atoms in total. The van der Waals surface area contributed by atoms with E-state index in [2.05, 4.69) is 33.0 Å². The predicted molar refractivity (Wildman–Crippen MR) is 151 cm³/mol. The summed E-state index contributed by atoms with van der Waals surface area (Å²) in [7, 11) is 0. The number of aromatic nitrogens is 1. The molecular formula is C32H33N3O3. The Bertz CT molecular complexity index is 1480. The Balaban J connectivity index is 1.40. The molecule has 2 N–H and O–H groups in total. The molecule has 0 radical (unpaired) electrons. The molecule has 6 rings (SSSR count). The third kappa shape index (κ3) is 4.55. The highest BCUT2D eigenvalue weighted by atomic mass is 16.4. The molecule has 0 atom stereocenters. The highest BCUT2D eigenvalue weighted by Crippen LogP contribution is 2.47. The molecular weight excluding hydrogens is 474 g/mol. The van der Waals surface area contributed by atoms with E-state index in [4.69, 9.17) is 0 Å². The molecule has 3 aromatic carbocycles. The molecule has 0 bridgehead atoms. The SMILES string of the molecule is O=C(CN1CCn2c(c(C3CCCCC3)c3ccc(C(=O)O)cc32)-c2ccccc21)NCc1ccccc1. The number of hydrogen-bond acceptors (Lipinski definition) is 3. The highest BCUT2D eigenvalue weighted by Gasteiger charge is 2.31. The summed E-state index contributed by atoms with van der Waals surface area (Å²) in [5.74, 6) is -0.472. The number of amides is 1. The van der Waals surface area contributed by atoms with Crippen LogP contribution in [0.5, 0.6) is 0 Å². The fourth-order valence-electron chi connectivity index (χ4n) is 6.32. The summed E-state index contributed by atoms with van der Waals surface area (Å²) in [5.41, 5.74) is 7.07. The van der Waals surface area contributed by atoms with Crippen LogP contribution in [0.3, 0.4) is 0 Å². The van der Waals surface area contributed by atoms with Gasteiger partial charge in [0.2, 0.25) is 5.91 Å². The molecule has 1 fully saturated rings. The summed E-state index contributed by atoms with van der Waals surface area (Å²) >= 11 is 0. The van der Waals surface area contributed by atoms with Crippen LogP contribution in [-0.2, 0) is 17.9 Å². The number of carboxylic acids is 1. The molecule has 38 heavy (non-hydrogen) atoms. The second-order valence-corrected chi connectivity index (χ2v) is 10.5. The second-order valence-electron chi connectivity index (χ2n) is 10.5. The lowest BCUT2D eigenvalue weighted by Gasteiger charge is -2.26. The Labute approximate surface area is 222 Å². The molecule has 0 spiro atoms. The Morgan fingerprint density at radius 3 is 2.45 bits per heavy atom. The zero-order valence-corrected chi connectivity index (χ0v) is 21.5. The summed E-state index contributed by atoms with van der Waals surface area (Å²) in [6, 6.07) is 23.9. The first-order valence-corrected chi connectivity index (χ1v) is 13.6. The van der Waals surface area contributed by atoms with Gasteiger partial charge < -0.3 is 19.9 Å². The average Bonchev–Trinajstić information content (AvgIpc) is 3.19. The maximum absolute atomic E-state index is 13.0. The lowest BCUT2D eigenvalue weighted by molar-refractivity contribution is -0.119. The third-order valence-corrected chi connectivity index (χ3v) is 8.12. The van der Waals surface area contributed by atoms with Crippen LogP contribution in [0.4, 0.5) is 5.69 Å². The van der Waals surface area contributed by atoms with Crippen LogP contribution >= 0.6 is 0 Å². The van der Waals surface area contributed by atoms with Gasteiger partial charge in [0.15, 0.2) is 0 Å². The van der Waals surface area contributed by atoms with Crippen LogP contribution in [0, 0.1) is 0 Å². The van der Waals surface area contributed by atoms with Gasteiger partial charge in [-0.25, -0.2) is 4.79 Å². The van der Waals surface area contributed by atoms with Crippen molar-refractivity contribution < 1.29 is 14.7 Å². The molecule has 6 heteroatoms. The van der Waals surface area contributed by atoms with E-state index in [1.165, 1.54) is 35.9 Å². The molecule has 194 valence electrons. The van der Waals surface area contributed by atoms with Crippen molar-refractivity contribution in [3.8, 4) is 11.3 Å². The van der Waals surface area contributed by atoms with Crippen LogP contribution in [0.1, 0.15) is 59.5 Å². The zero-order chi connectivity index (χ0) is 26.1. The fraction of sp³-hybridized carbons (Fsp3) is 0.312. The maximum Gasteiger partial charge on any atom is 0.335 e. The second kappa shape index (κ2) is 10.4. The summed E-state index contributed by atoms with van der Waals surface area (Å²) in [5, 5.41) is 14.0. The number of para-hydroxylation sites is 1. The standard InChI is InChI=1S/C32H33N3O3/c36-29(33-20-22-9-3-1-4-10-22)21-34-17-18-35-28-19-24(32(37)38)15-16-25(28)30(23-11-5-2-6-12-23)31(35)26-13-7-8-14-27(26)34/h1,3-4,7-10,13-16,19,23H,2,5-6,11-12,17-18,20-21H2,(H,33,36)(H,37,38). The van der Waals surface area contributed by atoms with Crippen molar-refractivity contribution in [2.75, 3.05) is 18.0 Å². The van der Waals surface area contributed by atoms with Crippen molar-refractivity contribution in [3.63, 3.8) is 0 Å². The Morgan fingerprint density at radius 1 is 0.895 bits per heavy atom. The largest absolute Gasteiger partial charge is 0.478 e. The van der Waals surface area contributed by atoms with Crippen molar-refractivity contribution in [2.45, 2.75) is 51.1 Å². The van der Waals surface area contributed by atoms with E-state index < -0.39 is 5.97 Å². The van der Waals surface area contributed by atoms with Crippen LogP contribution in [0.25, 0.3) is 22.2 Å². The minimum absolute atomic E-state index is 0.0132. The number of carbonyl (C=O) groups is 2. The van der Waals surface area contributed by atoms with Crippen molar-refractivity contribution >= 4 is 28.5 Å². The van der Waals surface area contributed by atoms with Crippen molar-refractivity contribution in [3.05, 3.63) is 89.5 Å². The summed E-state index contributed by atoms with van der Waals surface area (Å²) in [6.45, 7) is 2.12. The first-order valence-electron chi connectivity index (χ1n) is 13.6. The van der Waals surface area contributed by atoms with Gasteiger partial charge in [0.05, 0.1) is 17.8 Å². The average molecular weight is 508 g/mol. The number of aromatic carboxylic acids is 1. The van der Waals surface area contributed by atoms with Gasteiger partial charge in [-0.3, -0.25) is 4.79 Å². The van der Waals surface area contributed by atoms with Crippen molar-refractivity contribution in [1.82, 2.24) is 9.88 Å². The van der Waals surface area contributed by atoms with Gasteiger partial charge in [-0.05, 0) is 48.1 Å². The number of rotatable bonds is 6. The first kappa shape index (κ1) is 24.3. The fourth-order valence-corrected chi connectivity index (χ4v) is 6.32. The van der Waals surface area contributed by atoms with E-state index in [1.807, 2.05) is 48.5 Å². The number of benzene rings is 3. The number of nitrogens with one attached hydrogen (secondary N) is 1. The van der Waals surface area contributed by atoms with Crippen molar-refractivity contribution in [1.29, 1.82) is 0 Å². The molecule has 1 saturated carbocycles. The molecule has 2 heterocycles. The molecule has 1 amide bonds. The normalized spacial score (nSPS) is 15.5. The first-order chi connectivity index (χ1) is 18.6. The Kier molecular flexibility index (Phi) is 6.62. The number of nitrogens with zero attached hydrogens (tertiary/aromatic N) is 2. The van der Waals surface area contributed by atoms with E-state index in [0.717, 1.165) is 35.2 Å². The van der Waals surface area contributed by atoms with Gasteiger partial charge in [0, 0.05) is 41.8 Å². The van der Waals surface area contributed by atoms with Gasteiger partial charge in [0.1, 0.15) is 0 Å². The lowest BCUT2D eigenvalue weighted by atomic mass is 9.81. The van der Waals surface area contributed by atoms with E-state index in [9.17, 15) is 14.7 Å². The molecule has 4 aromatic rings. The van der Waals surface area contributed by atoms with Crippen LogP contribution in [0.15, 0.2) is 72.8 Å². The molecule has 1 aliphatic carbocycles. The number of hydrogen-bond donors (Lipinski definition) is 2. The molecule has 0 saturated heterocycles. The van der Waals surface area contributed by atoms with Crippen LogP contribution < -0.4 is 10.2 Å². The number of fused-ring (bicyclic) bond motifs is 5. The quantitative estimate of drug-likeness (QED) is 0.326. The van der Waals surface area contributed by atoms with Crippen molar-refractivity contribution in [2.24, 2.45) is 0 Å². The summed E-state index contributed by atoms with van der Waals surface area (Å²) in [4.78, 5) is 27.1. The van der Waals surface area contributed by atoms with E-state index in [1.54, 1.807) is 6.07 Å². The lowest BCUT2D eigenvalue weighted by Crippen LogP contribution is -2.38. The van der Waals surface area contributed by atoms with Gasteiger partial charge >= 0.3 is 5.97 Å². The third-order valence-electron chi connectivity index (χ3n) is 8.12. The monoisotopic (exact) mass is 507 g/mol. The zero-order valence-electron chi connectivity index (χ0n) is 21.5. The molecule has 1 aliphatic heterocycles. The number of carbonyl (C=O) groups excluding carboxylic acids is 1. The van der Waals surface area contributed by atoms with E-state index in [0.29, 0.717) is 31.1 Å². The number of anilines is 1. The van der Waals surface area contributed by atoms with Gasteiger partial charge in [-0.15, -0.1) is 0 Å². The minimum atomic E-state index is -0.910. The molecule has 2 aliphatic rings. The highest BCUT2D eigenvalue weighted by molar-refractivity contribution is 6.00. The predicted octanol–water partition coefficient (Wildman–Crippen LogP) is 6.19. The van der Waals surface area contributed by atoms with Crippen LogP contribution in [0.2, 0.25) is 0 Å². The summed E-state index contributed by atoms with van der Waals surface area (Å²) < 4.78 is 2.31. The Morgan fingerprint density at radius 2 is 1.66 bits per heavy atom. The molecule has 0 unspecified atom stereocenters. The topological polar surface area (TPSA) is 74.6 Å². The maximum atomic E-state index is 13.0. The van der Waals surface area contributed by atoms with E-state index in [-0.39, 0.29) is 12.5 Å². The van der Waals surface area contributed by atoms with Gasteiger partial charge in [-0.2, -0.15) is 0 Å². The van der Waals surface area contributed by atoms with Gasteiger partial charge in [0.25, 0.3) is 0 Å². The molecule has 1 aromatic heterocycles. The summed E-state index contributed by atoms with van der Waals surface area (Å²) in [6.07, 6.45) is 6.02.